The second-order valence-corrected chi connectivity index (χ2v) is 6.41. The highest BCUT2D eigenvalue weighted by atomic mass is 15.3. The molecule has 1 aromatic carbocycles. The average molecular weight is 318 g/mol. The van der Waals surface area contributed by atoms with Crippen molar-refractivity contribution in [1.82, 2.24) is 14.8 Å². The van der Waals surface area contributed by atoms with E-state index in [4.69, 9.17) is 5.10 Å². The van der Waals surface area contributed by atoms with Crippen molar-refractivity contribution in [3.63, 3.8) is 0 Å². The summed E-state index contributed by atoms with van der Waals surface area (Å²) < 4.78 is 2.08. The van der Waals surface area contributed by atoms with E-state index in [1.807, 2.05) is 24.4 Å². The van der Waals surface area contributed by atoms with Gasteiger partial charge in [0.25, 0.3) is 0 Å². The van der Waals surface area contributed by atoms with Crippen LogP contribution in [0, 0.1) is 13.8 Å². The lowest BCUT2D eigenvalue weighted by molar-refractivity contribution is 0.779. The highest BCUT2D eigenvalue weighted by molar-refractivity contribution is 5.69. The zero-order valence-corrected chi connectivity index (χ0v) is 14.2. The van der Waals surface area contributed by atoms with E-state index < -0.39 is 0 Å². The van der Waals surface area contributed by atoms with Crippen molar-refractivity contribution in [2.75, 3.05) is 11.9 Å². The van der Waals surface area contributed by atoms with Crippen LogP contribution in [0.2, 0.25) is 0 Å². The van der Waals surface area contributed by atoms with Crippen LogP contribution in [-0.2, 0) is 6.42 Å². The van der Waals surface area contributed by atoms with E-state index in [1.165, 1.54) is 29.5 Å². The Morgan fingerprint density at radius 1 is 1.04 bits per heavy atom. The molecule has 0 unspecified atom stereocenters. The van der Waals surface area contributed by atoms with Gasteiger partial charge in [0.1, 0.15) is 11.5 Å². The van der Waals surface area contributed by atoms with Crippen LogP contribution < -0.4 is 5.32 Å². The number of aromatic nitrogens is 3. The van der Waals surface area contributed by atoms with Crippen LogP contribution in [0.5, 0.6) is 0 Å². The summed E-state index contributed by atoms with van der Waals surface area (Å²) in [6, 6.07) is 12.4. The number of nitrogens with zero attached hydrogens (tertiary/aromatic N) is 3. The fourth-order valence-electron chi connectivity index (χ4n) is 3.35. The second-order valence-electron chi connectivity index (χ2n) is 6.41. The van der Waals surface area contributed by atoms with Gasteiger partial charge < -0.3 is 5.32 Å². The second kappa shape index (κ2) is 6.11. The maximum atomic E-state index is 4.97. The molecule has 0 saturated carbocycles. The van der Waals surface area contributed by atoms with Crippen molar-refractivity contribution in [3.05, 3.63) is 59.3 Å². The Labute approximate surface area is 142 Å². The van der Waals surface area contributed by atoms with Gasteiger partial charge in [0.05, 0.1) is 11.4 Å². The van der Waals surface area contributed by atoms with Crippen LogP contribution in [0.3, 0.4) is 0 Å². The zero-order valence-electron chi connectivity index (χ0n) is 14.2. The first-order valence-corrected chi connectivity index (χ1v) is 8.59. The fourth-order valence-corrected chi connectivity index (χ4v) is 3.35. The first-order chi connectivity index (χ1) is 11.8. The van der Waals surface area contributed by atoms with Gasteiger partial charge in [-0.3, -0.25) is 4.98 Å². The Kier molecular flexibility index (Phi) is 3.81. The minimum atomic E-state index is 0.946. The molecule has 4 heteroatoms. The molecule has 0 amide bonds. The molecule has 0 spiro atoms. The predicted octanol–water partition coefficient (Wildman–Crippen LogP) is 4.30. The van der Waals surface area contributed by atoms with Crippen LogP contribution in [0.25, 0.3) is 17.1 Å². The molecule has 3 aromatic rings. The maximum Gasteiger partial charge on any atom is 0.133 e. The summed E-state index contributed by atoms with van der Waals surface area (Å²) in [5.74, 6) is 1.13. The number of aryl methyl sites for hydroxylation is 1. The monoisotopic (exact) mass is 318 g/mol. The van der Waals surface area contributed by atoms with E-state index in [9.17, 15) is 0 Å². The van der Waals surface area contributed by atoms with Crippen LogP contribution >= 0.6 is 0 Å². The SMILES string of the molecule is Cc1cccc(-n2nc(-c3ccccn3)c3c2NCCCC3)c1C. The highest BCUT2D eigenvalue weighted by Gasteiger charge is 2.22. The third-order valence-electron chi connectivity index (χ3n) is 4.84. The Morgan fingerprint density at radius 2 is 1.96 bits per heavy atom. The smallest absolute Gasteiger partial charge is 0.133 e. The molecule has 0 aliphatic carbocycles. The first kappa shape index (κ1) is 14.9. The van der Waals surface area contributed by atoms with Crippen molar-refractivity contribution in [3.8, 4) is 17.1 Å². The predicted molar refractivity (Wildman–Crippen MR) is 97.7 cm³/mol. The summed E-state index contributed by atoms with van der Waals surface area (Å²) in [7, 11) is 0. The molecule has 0 atom stereocenters. The number of hydrogen-bond donors (Lipinski definition) is 1. The summed E-state index contributed by atoms with van der Waals surface area (Å²) in [4.78, 5) is 4.53. The molecular formula is C20H22N4. The van der Waals surface area contributed by atoms with E-state index in [-0.39, 0.29) is 0 Å². The van der Waals surface area contributed by atoms with Crippen molar-refractivity contribution < 1.29 is 0 Å². The van der Waals surface area contributed by atoms with Crippen LogP contribution in [0.4, 0.5) is 5.82 Å². The summed E-state index contributed by atoms with van der Waals surface area (Å²) in [6.07, 6.45) is 5.24. The molecule has 24 heavy (non-hydrogen) atoms. The van der Waals surface area contributed by atoms with Crippen molar-refractivity contribution in [2.24, 2.45) is 0 Å². The van der Waals surface area contributed by atoms with Gasteiger partial charge in [0.15, 0.2) is 0 Å². The van der Waals surface area contributed by atoms with Crippen molar-refractivity contribution >= 4 is 5.82 Å². The van der Waals surface area contributed by atoms with Crippen LogP contribution in [-0.4, -0.2) is 21.3 Å². The molecule has 4 nitrogen and oxygen atoms in total. The van der Waals surface area contributed by atoms with Crippen LogP contribution in [0.1, 0.15) is 29.5 Å². The molecule has 1 N–H and O–H groups in total. The minimum Gasteiger partial charge on any atom is -0.370 e. The van der Waals surface area contributed by atoms with E-state index >= 15 is 0 Å². The molecule has 1 aliphatic rings. The Hall–Kier alpha value is -2.62. The molecule has 3 heterocycles. The summed E-state index contributed by atoms with van der Waals surface area (Å²) in [5, 5.41) is 8.57. The van der Waals surface area contributed by atoms with E-state index in [1.54, 1.807) is 0 Å². The summed E-state index contributed by atoms with van der Waals surface area (Å²) >= 11 is 0. The van der Waals surface area contributed by atoms with E-state index in [2.05, 4.69) is 47.0 Å². The Morgan fingerprint density at radius 3 is 2.79 bits per heavy atom. The normalized spacial score (nSPS) is 13.9. The molecule has 2 aromatic heterocycles. The molecule has 4 rings (SSSR count). The largest absolute Gasteiger partial charge is 0.370 e. The standard InChI is InChI=1S/C20H22N4/c1-14-8-7-11-18(15(14)2)24-20-16(9-3-5-13-22-20)19(23-24)17-10-4-6-12-21-17/h4,6-8,10-12,22H,3,5,9,13H2,1-2H3. The molecule has 122 valence electrons. The molecular weight excluding hydrogens is 296 g/mol. The Bertz CT molecular complexity index is 865. The van der Waals surface area contributed by atoms with Crippen molar-refractivity contribution in [2.45, 2.75) is 33.1 Å². The molecule has 0 radical (unpaired) electrons. The molecule has 0 bridgehead atoms. The number of benzene rings is 1. The van der Waals surface area contributed by atoms with Gasteiger partial charge in [-0.1, -0.05) is 18.2 Å². The average Bonchev–Trinajstić information content (AvgIpc) is 2.79. The number of anilines is 1. The number of rotatable bonds is 2. The Balaban J connectivity index is 1.95. The van der Waals surface area contributed by atoms with Crippen molar-refractivity contribution in [1.29, 1.82) is 0 Å². The van der Waals surface area contributed by atoms with Gasteiger partial charge in [-0.15, -0.1) is 0 Å². The third-order valence-corrected chi connectivity index (χ3v) is 4.84. The number of nitrogens with one attached hydrogen (secondary N) is 1. The maximum absolute atomic E-state index is 4.97. The molecule has 0 fully saturated rings. The number of hydrogen-bond acceptors (Lipinski definition) is 3. The van der Waals surface area contributed by atoms with Gasteiger partial charge >= 0.3 is 0 Å². The van der Waals surface area contributed by atoms with Gasteiger partial charge in [-0.05, 0) is 62.4 Å². The van der Waals surface area contributed by atoms with E-state index in [0.717, 1.165) is 35.9 Å². The van der Waals surface area contributed by atoms with Gasteiger partial charge in [-0.2, -0.15) is 5.10 Å². The summed E-state index contributed by atoms with van der Waals surface area (Å²) in [6.45, 7) is 5.30. The molecule has 0 saturated heterocycles. The van der Waals surface area contributed by atoms with Gasteiger partial charge in [-0.25, -0.2) is 4.68 Å². The minimum absolute atomic E-state index is 0.946. The van der Waals surface area contributed by atoms with E-state index in [0.29, 0.717) is 0 Å². The fraction of sp³-hybridized carbons (Fsp3) is 0.300. The lowest BCUT2D eigenvalue weighted by atomic mass is 10.1. The highest BCUT2D eigenvalue weighted by Crippen LogP contribution is 2.34. The quantitative estimate of drug-likeness (QED) is 0.766. The number of pyridine rings is 1. The summed E-state index contributed by atoms with van der Waals surface area (Å²) in [5.41, 5.74) is 6.92. The molecule has 1 aliphatic heterocycles. The lowest BCUT2D eigenvalue weighted by Crippen LogP contribution is -2.08. The third kappa shape index (κ3) is 2.48. The number of fused-ring (bicyclic) bond motifs is 1. The lowest BCUT2D eigenvalue weighted by Gasteiger charge is -2.13. The topological polar surface area (TPSA) is 42.7 Å². The first-order valence-electron chi connectivity index (χ1n) is 8.59. The van der Waals surface area contributed by atoms with Gasteiger partial charge in [0, 0.05) is 18.3 Å². The van der Waals surface area contributed by atoms with Gasteiger partial charge in [0.2, 0.25) is 0 Å². The zero-order chi connectivity index (χ0) is 16.5. The van der Waals surface area contributed by atoms with Crippen LogP contribution in [0.15, 0.2) is 42.6 Å².